The summed E-state index contributed by atoms with van der Waals surface area (Å²) in [6, 6.07) is 8.02. The number of benzene rings is 1. The maximum atomic E-state index is 9.43. The molecule has 1 aromatic heterocycles. The minimum Gasteiger partial charge on any atom is -0.437 e. The van der Waals surface area contributed by atoms with Gasteiger partial charge in [-0.1, -0.05) is 19.9 Å². The van der Waals surface area contributed by atoms with Crippen molar-refractivity contribution in [3.63, 3.8) is 0 Å². The molecule has 108 valence electrons. The third-order valence-electron chi connectivity index (χ3n) is 3.62. The van der Waals surface area contributed by atoms with E-state index in [-0.39, 0.29) is 5.88 Å². The lowest BCUT2D eigenvalue weighted by molar-refractivity contribution is 0.450. The maximum Gasteiger partial charge on any atom is 0.257 e. The third-order valence-corrected chi connectivity index (χ3v) is 3.62. The van der Waals surface area contributed by atoms with Gasteiger partial charge in [-0.05, 0) is 55.5 Å². The van der Waals surface area contributed by atoms with Gasteiger partial charge < -0.3 is 4.74 Å². The van der Waals surface area contributed by atoms with Crippen molar-refractivity contribution in [3.8, 4) is 17.7 Å². The van der Waals surface area contributed by atoms with Gasteiger partial charge in [0.1, 0.15) is 17.4 Å². The minimum absolute atomic E-state index is 0.287. The van der Waals surface area contributed by atoms with Gasteiger partial charge in [-0.25, -0.2) is 0 Å². The quantitative estimate of drug-likeness (QED) is 0.853. The van der Waals surface area contributed by atoms with Crippen LogP contribution in [0.4, 0.5) is 0 Å². The summed E-state index contributed by atoms with van der Waals surface area (Å²) < 4.78 is 5.78. The zero-order valence-electron chi connectivity index (χ0n) is 12.9. The van der Waals surface area contributed by atoms with Crippen molar-refractivity contribution in [1.82, 2.24) is 10.2 Å². The van der Waals surface area contributed by atoms with Gasteiger partial charge in [-0.2, -0.15) is 10.4 Å². The first-order valence-electron chi connectivity index (χ1n) is 7.14. The van der Waals surface area contributed by atoms with E-state index >= 15 is 0 Å². The molecule has 0 spiro atoms. The van der Waals surface area contributed by atoms with Crippen molar-refractivity contribution >= 4 is 0 Å². The lowest BCUT2D eigenvalue weighted by atomic mass is 10.0. The van der Waals surface area contributed by atoms with E-state index < -0.39 is 0 Å². The van der Waals surface area contributed by atoms with E-state index in [0.717, 1.165) is 29.7 Å². The first kappa shape index (κ1) is 15.0. The Hall–Kier alpha value is -2.41. The standard InChI is InChI=1S/C17H19N3O/c1-5-14-15(10-18)17(20-19-16(14)6-2)21-13-8-7-11(3)12(4)9-13/h7-9H,5-6H2,1-4H3. The van der Waals surface area contributed by atoms with Crippen LogP contribution in [0.1, 0.15) is 41.8 Å². The highest BCUT2D eigenvalue weighted by Crippen LogP contribution is 2.27. The predicted molar refractivity (Wildman–Crippen MR) is 81.5 cm³/mol. The zero-order valence-corrected chi connectivity index (χ0v) is 12.9. The van der Waals surface area contributed by atoms with Crippen LogP contribution in [0.3, 0.4) is 0 Å². The highest BCUT2D eigenvalue weighted by Gasteiger charge is 2.16. The maximum absolute atomic E-state index is 9.43. The Bertz CT molecular complexity index is 702. The lowest BCUT2D eigenvalue weighted by Gasteiger charge is -2.12. The number of nitriles is 1. The van der Waals surface area contributed by atoms with Crippen LogP contribution in [-0.4, -0.2) is 10.2 Å². The molecule has 0 saturated carbocycles. The van der Waals surface area contributed by atoms with Gasteiger partial charge in [0.25, 0.3) is 5.88 Å². The Balaban J connectivity index is 2.44. The van der Waals surface area contributed by atoms with Gasteiger partial charge in [0.15, 0.2) is 0 Å². The SMILES string of the molecule is CCc1nnc(Oc2ccc(C)c(C)c2)c(C#N)c1CC. The van der Waals surface area contributed by atoms with Crippen molar-refractivity contribution < 1.29 is 4.74 Å². The number of hydrogen-bond acceptors (Lipinski definition) is 4. The van der Waals surface area contributed by atoms with Gasteiger partial charge in [0, 0.05) is 0 Å². The molecular weight excluding hydrogens is 262 g/mol. The molecular formula is C17H19N3O. The van der Waals surface area contributed by atoms with Crippen molar-refractivity contribution in [2.45, 2.75) is 40.5 Å². The Labute approximate surface area is 125 Å². The predicted octanol–water partition coefficient (Wildman–Crippen LogP) is 3.88. The average Bonchev–Trinajstić information content (AvgIpc) is 2.50. The number of aryl methyl sites for hydroxylation is 3. The van der Waals surface area contributed by atoms with E-state index in [1.807, 2.05) is 45.9 Å². The summed E-state index contributed by atoms with van der Waals surface area (Å²) in [6.07, 6.45) is 1.50. The van der Waals surface area contributed by atoms with Gasteiger partial charge in [-0.15, -0.1) is 5.10 Å². The van der Waals surface area contributed by atoms with Crippen LogP contribution in [0, 0.1) is 25.2 Å². The highest BCUT2D eigenvalue weighted by molar-refractivity contribution is 5.48. The first-order valence-corrected chi connectivity index (χ1v) is 7.14. The monoisotopic (exact) mass is 281 g/mol. The number of nitrogens with zero attached hydrogens (tertiary/aromatic N) is 3. The molecule has 0 amide bonds. The van der Waals surface area contributed by atoms with E-state index in [4.69, 9.17) is 4.74 Å². The number of ether oxygens (including phenoxy) is 1. The number of aromatic nitrogens is 2. The van der Waals surface area contributed by atoms with Gasteiger partial charge in [0.2, 0.25) is 0 Å². The molecule has 1 aromatic carbocycles. The average molecular weight is 281 g/mol. The number of hydrogen-bond donors (Lipinski definition) is 0. The molecule has 0 aliphatic rings. The molecule has 0 unspecified atom stereocenters. The normalized spacial score (nSPS) is 10.2. The lowest BCUT2D eigenvalue weighted by Crippen LogP contribution is -2.05. The molecule has 2 rings (SSSR count). The fourth-order valence-corrected chi connectivity index (χ4v) is 2.23. The largest absolute Gasteiger partial charge is 0.437 e. The molecule has 0 fully saturated rings. The molecule has 0 saturated heterocycles. The Morgan fingerprint density at radius 1 is 1.10 bits per heavy atom. The van der Waals surface area contributed by atoms with Crippen molar-refractivity contribution in [1.29, 1.82) is 5.26 Å². The molecule has 0 bridgehead atoms. The van der Waals surface area contributed by atoms with Crippen LogP contribution in [0.2, 0.25) is 0 Å². The van der Waals surface area contributed by atoms with Gasteiger partial charge >= 0.3 is 0 Å². The molecule has 0 atom stereocenters. The molecule has 21 heavy (non-hydrogen) atoms. The van der Waals surface area contributed by atoms with E-state index in [0.29, 0.717) is 11.3 Å². The Morgan fingerprint density at radius 2 is 1.86 bits per heavy atom. The molecule has 4 nitrogen and oxygen atoms in total. The fraction of sp³-hybridized carbons (Fsp3) is 0.353. The summed E-state index contributed by atoms with van der Waals surface area (Å²) >= 11 is 0. The Kier molecular flexibility index (Phi) is 4.54. The van der Waals surface area contributed by atoms with Crippen LogP contribution in [0.5, 0.6) is 11.6 Å². The fourth-order valence-electron chi connectivity index (χ4n) is 2.23. The van der Waals surface area contributed by atoms with Gasteiger partial charge in [-0.3, -0.25) is 0 Å². The highest BCUT2D eigenvalue weighted by atomic mass is 16.5. The molecule has 0 N–H and O–H groups in total. The summed E-state index contributed by atoms with van der Waals surface area (Å²) in [7, 11) is 0. The van der Waals surface area contributed by atoms with E-state index in [2.05, 4.69) is 16.3 Å². The first-order chi connectivity index (χ1) is 10.1. The van der Waals surface area contributed by atoms with E-state index in [1.54, 1.807) is 0 Å². The van der Waals surface area contributed by atoms with Crippen LogP contribution >= 0.6 is 0 Å². The zero-order chi connectivity index (χ0) is 15.4. The summed E-state index contributed by atoms with van der Waals surface area (Å²) in [5.74, 6) is 0.963. The summed E-state index contributed by atoms with van der Waals surface area (Å²) in [6.45, 7) is 8.09. The van der Waals surface area contributed by atoms with Crippen LogP contribution < -0.4 is 4.74 Å². The van der Waals surface area contributed by atoms with Crippen molar-refractivity contribution in [2.75, 3.05) is 0 Å². The molecule has 0 radical (unpaired) electrons. The van der Waals surface area contributed by atoms with Crippen LogP contribution in [0.25, 0.3) is 0 Å². The molecule has 1 heterocycles. The summed E-state index contributed by atoms with van der Waals surface area (Å²) in [5.41, 5.74) is 4.61. The topological polar surface area (TPSA) is 58.8 Å². The molecule has 0 aliphatic carbocycles. The second-order valence-electron chi connectivity index (χ2n) is 4.97. The van der Waals surface area contributed by atoms with Crippen molar-refractivity contribution in [3.05, 3.63) is 46.1 Å². The Morgan fingerprint density at radius 3 is 2.43 bits per heavy atom. The summed E-state index contributed by atoms with van der Waals surface area (Å²) in [5, 5.41) is 17.7. The third kappa shape index (κ3) is 3.03. The van der Waals surface area contributed by atoms with E-state index in [9.17, 15) is 5.26 Å². The van der Waals surface area contributed by atoms with Crippen LogP contribution in [-0.2, 0) is 12.8 Å². The van der Waals surface area contributed by atoms with Crippen molar-refractivity contribution in [2.24, 2.45) is 0 Å². The molecule has 2 aromatic rings. The second-order valence-corrected chi connectivity index (χ2v) is 4.97. The minimum atomic E-state index is 0.287. The molecule has 4 heteroatoms. The van der Waals surface area contributed by atoms with Crippen LogP contribution in [0.15, 0.2) is 18.2 Å². The van der Waals surface area contributed by atoms with E-state index in [1.165, 1.54) is 5.56 Å². The smallest absolute Gasteiger partial charge is 0.257 e. The molecule has 0 aliphatic heterocycles. The second kappa shape index (κ2) is 6.36. The van der Waals surface area contributed by atoms with Gasteiger partial charge in [0.05, 0.1) is 5.69 Å². The summed E-state index contributed by atoms with van der Waals surface area (Å²) in [4.78, 5) is 0. The number of rotatable bonds is 4.